The first-order valence-corrected chi connectivity index (χ1v) is 7.94. The highest BCUT2D eigenvalue weighted by atomic mass is 19.1. The van der Waals surface area contributed by atoms with E-state index in [-0.39, 0.29) is 11.7 Å². The molecule has 5 heteroatoms. The van der Waals surface area contributed by atoms with Crippen LogP contribution in [-0.4, -0.2) is 33.9 Å². The van der Waals surface area contributed by atoms with Crippen molar-refractivity contribution in [3.8, 4) is 0 Å². The fourth-order valence-corrected chi connectivity index (χ4v) is 2.96. The van der Waals surface area contributed by atoms with Crippen LogP contribution in [-0.2, 0) is 6.42 Å². The predicted octanol–water partition coefficient (Wildman–Crippen LogP) is 3.02. The molecular formula is C18H20FN3O. The van der Waals surface area contributed by atoms with Crippen LogP contribution < -0.4 is 0 Å². The van der Waals surface area contributed by atoms with Gasteiger partial charge in [0.25, 0.3) is 5.91 Å². The van der Waals surface area contributed by atoms with Crippen molar-refractivity contribution in [1.29, 1.82) is 0 Å². The summed E-state index contributed by atoms with van der Waals surface area (Å²) in [5.74, 6) is 0.291. The second-order valence-corrected chi connectivity index (χ2v) is 6.11. The minimum atomic E-state index is -0.201. The van der Waals surface area contributed by atoms with E-state index in [4.69, 9.17) is 0 Å². The summed E-state index contributed by atoms with van der Waals surface area (Å²) >= 11 is 0. The lowest BCUT2D eigenvalue weighted by molar-refractivity contribution is 0.0684. The molecule has 1 aliphatic rings. The van der Waals surface area contributed by atoms with Gasteiger partial charge in [-0.15, -0.1) is 0 Å². The molecular weight excluding hydrogens is 293 g/mol. The summed E-state index contributed by atoms with van der Waals surface area (Å²) in [5.41, 5.74) is 2.37. The van der Waals surface area contributed by atoms with Gasteiger partial charge in [-0.05, 0) is 49.8 Å². The fourth-order valence-electron chi connectivity index (χ4n) is 2.96. The third-order valence-electron chi connectivity index (χ3n) is 4.34. The van der Waals surface area contributed by atoms with Gasteiger partial charge in [0.1, 0.15) is 11.5 Å². The zero-order valence-electron chi connectivity index (χ0n) is 13.2. The van der Waals surface area contributed by atoms with Gasteiger partial charge in [-0.3, -0.25) is 9.78 Å². The van der Waals surface area contributed by atoms with E-state index in [0.717, 1.165) is 43.6 Å². The van der Waals surface area contributed by atoms with Gasteiger partial charge in [0.05, 0.1) is 11.9 Å². The average Bonchev–Trinajstić information content (AvgIpc) is 2.58. The summed E-state index contributed by atoms with van der Waals surface area (Å²) in [6, 6.07) is 6.69. The molecule has 1 saturated heterocycles. The minimum absolute atomic E-state index is 0.0438. The first-order chi connectivity index (χ1) is 11.1. The topological polar surface area (TPSA) is 46.1 Å². The molecule has 1 aromatic carbocycles. The number of benzene rings is 1. The summed E-state index contributed by atoms with van der Waals surface area (Å²) in [6.07, 6.45) is 6.02. The molecule has 0 aliphatic carbocycles. The smallest absolute Gasteiger partial charge is 0.274 e. The molecule has 2 heterocycles. The molecule has 0 radical (unpaired) electrons. The number of piperidine rings is 1. The van der Waals surface area contributed by atoms with Crippen molar-refractivity contribution < 1.29 is 9.18 Å². The number of aryl methyl sites for hydroxylation is 1. The number of hydrogen-bond donors (Lipinski definition) is 0. The normalized spacial score (nSPS) is 15.7. The minimum Gasteiger partial charge on any atom is -0.337 e. The van der Waals surface area contributed by atoms with E-state index in [2.05, 4.69) is 9.97 Å². The lowest BCUT2D eigenvalue weighted by Gasteiger charge is -2.31. The Bertz CT molecular complexity index is 662. The zero-order chi connectivity index (χ0) is 16.2. The van der Waals surface area contributed by atoms with Gasteiger partial charge in [0, 0.05) is 19.3 Å². The van der Waals surface area contributed by atoms with Crippen LogP contribution >= 0.6 is 0 Å². The van der Waals surface area contributed by atoms with Crippen LogP contribution in [0.25, 0.3) is 0 Å². The summed E-state index contributed by atoms with van der Waals surface area (Å²) in [5, 5.41) is 0. The molecule has 0 saturated carbocycles. The number of likely N-dealkylation sites (tertiary alicyclic amines) is 1. The molecule has 1 aliphatic heterocycles. The van der Waals surface area contributed by atoms with Crippen LogP contribution in [0.1, 0.15) is 34.6 Å². The van der Waals surface area contributed by atoms with Crippen molar-refractivity contribution >= 4 is 5.91 Å². The first kappa shape index (κ1) is 15.6. The molecule has 4 nitrogen and oxygen atoms in total. The Morgan fingerprint density at radius 3 is 2.48 bits per heavy atom. The highest BCUT2D eigenvalue weighted by molar-refractivity contribution is 5.92. The van der Waals surface area contributed by atoms with Gasteiger partial charge in [0.15, 0.2) is 0 Å². The van der Waals surface area contributed by atoms with E-state index in [1.54, 1.807) is 12.4 Å². The Morgan fingerprint density at radius 2 is 1.87 bits per heavy atom. The summed E-state index contributed by atoms with van der Waals surface area (Å²) < 4.78 is 12.9. The third kappa shape index (κ3) is 3.92. The molecule has 3 rings (SSSR count). The molecule has 0 spiro atoms. The number of nitrogens with zero attached hydrogens (tertiary/aromatic N) is 3. The zero-order valence-corrected chi connectivity index (χ0v) is 13.2. The van der Waals surface area contributed by atoms with E-state index in [9.17, 15) is 9.18 Å². The molecule has 1 amide bonds. The van der Waals surface area contributed by atoms with Crippen LogP contribution in [0.15, 0.2) is 36.7 Å². The van der Waals surface area contributed by atoms with E-state index in [1.165, 1.54) is 12.1 Å². The van der Waals surface area contributed by atoms with Gasteiger partial charge in [-0.1, -0.05) is 12.1 Å². The first-order valence-electron chi connectivity index (χ1n) is 7.94. The van der Waals surface area contributed by atoms with Crippen LogP contribution in [0.3, 0.4) is 0 Å². The lowest BCUT2D eigenvalue weighted by atomic mass is 9.90. The molecule has 0 unspecified atom stereocenters. The van der Waals surface area contributed by atoms with Crippen molar-refractivity contribution in [1.82, 2.24) is 14.9 Å². The van der Waals surface area contributed by atoms with Crippen molar-refractivity contribution in [3.63, 3.8) is 0 Å². The van der Waals surface area contributed by atoms with Crippen LogP contribution in [0.5, 0.6) is 0 Å². The van der Waals surface area contributed by atoms with Gasteiger partial charge < -0.3 is 4.90 Å². The summed E-state index contributed by atoms with van der Waals surface area (Å²) in [7, 11) is 0. The van der Waals surface area contributed by atoms with E-state index in [1.807, 2.05) is 24.0 Å². The second kappa shape index (κ2) is 6.86. The number of halogens is 1. The molecule has 0 atom stereocenters. The monoisotopic (exact) mass is 313 g/mol. The molecule has 23 heavy (non-hydrogen) atoms. The van der Waals surface area contributed by atoms with E-state index >= 15 is 0 Å². The Labute approximate surface area is 135 Å². The van der Waals surface area contributed by atoms with E-state index in [0.29, 0.717) is 11.6 Å². The molecule has 0 N–H and O–H groups in total. The SMILES string of the molecule is Cc1cnc(C(=O)N2CCC(Cc3ccc(F)cc3)CC2)cn1. The Kier molecular flexibility index (Phi) is 4.65. The largest absolute Gasteiger partial charge is 0.337 e. The molecule has 0 bridgehead atoms. The molecule has 2 aromatic rings. The average molecular weight is 313 g/mol. The highest BCUT2D eigenvalue weighted by Gasteiger charge is 2.24. The standard InChI is InChI=1S/C18H20FN3O/c1-13-11-21-17(12-20-13)18(23)22-8-6-15(7-9-22)10-14-2-4-16(19)5-3-14/h2-5,11-12,15H,6-10H2,1H3. The predicted molar refractivity (Wildman–Crippen MR) is 85.5 cm³/mol. The Balaban J connectivity index is 1.54. The van der Waals surface area contributed by atoms with Crippen molar-refractivity contribution in [2.45, 2.75) is 26.2 Å². The highest BCUT2D eigenvalue weighted by Crippen LogP contribution is 2.22. The number of amides is 1. The van der Waals surface area contributed by atoms with Crippen molar-refractivity contribution in [3.05, 3.63) is 59.4 Å². The third-order valence-corrected chi connectivity index (χ3v) is 4.34. The summed E-state index contributed by atoms with van der Waals surface area (Å²) in [6.45, 7) is 3.32. The maximum atomic E-state index is 12.9. The van der Waals surface area contributed by atoms with Crippen LogP contribution in [0.4, 0.5) is 4.39 Å². The Morgan fingerprint density at radius 1 is 1.17 bits per heavy atom. The fraction of sp³-hybridized carbons (Fsp3) is 0.389. The van der Waals surface area contributed by atoms with Gasteiger partial charge >= 0.3 is 0 Å². The number of carbonyl (C=O) groups is 1. The van der Waals surface area contributed by atoms with Crippen LogP contribution in [0.2, 0.25) is 0 Å². The van der Waals surface area contributed by atoms with Gasteiger partial charge in [-0.2, -0.15) is 0 Å². The summed E-state index contributed by atoms with van der Waals surface area (Å²) in [4.78, 5) is 22.5. The molecule has 1 fully saturated rings. The molecule has 120 valence electrons. The maximum absolute atomic E-state index is 12.9. The van der Waals surface area contributed by atoms with E-state index < -0.39 is 0 Å². The van der Waals surface area contributed by atoms with Crippen LogP contribution in [0, 0.1) is 18.7 Å². The lowest BCUT2D eigenvalue weighted by Crippen LogP contribution is -2.39. The van der Waals surface area contributed by atoms with Gasteiger partial charge in [-0.25, -0.2) is 9.37 Å². The number of aromatic nitrogens is 2. The van der Waals surface area contributed by atoms with Crippen molar-refractivity contribution in [2.24, 2.45) is 5.92 Å². The second-order valence-electron chi connectivity index (χ2n) is 6.11. The quantitative estimate of drug-likeness (QED) is 0.875. The number of carbonyl (C=O) groups excluding carboxylic acids is 1. The number of hydrogen-bond acceptors (Lipinski definition) is 3. The maximum Gasteiger partial charge on any atom is 0.274 e. The number of rotatable bonds is 3. The Hall–Kier alpha value is -2.30. The van der Waals surface area contributed by atoms with Gasteiger partial charge in [0.2, 0.25) is 0 Å². The molecule has 1 aromatic heterocycles. The van der Waals surface area contributed by atoms with Crippen molar-refractivity contribution in [2.75, 3.05) is 13.1 Å².